The van der Waals surface area contributed by atoms with Crippen molar-refractivity contribution < 1.29 is 27.8 Å². The summed E-state index contributed by atoms with van der Waals surface area (Å²) in [7, 11) is 0. The van der Waals surface area contributed by atoms with Crippen molar-refractivity contribution >= 4 is 6.09 Å². The molecule has 0 aliphatic carbocycles. The van der Waals surface area contributed by atoms with Crippen LogP contribution in [0.1, 0.15) is 33.6 Å². The number of carbonyl (C=O) groups is 1. The van der Waals surface area contributed by atoms with E-state index in [2.05, 4.69) is 0 Å². The highest BCUT2D eigenvalue weighted by atomic mass is 19.4. The second kappa shape index (κ2) is 4.95. The number of halogens is 3. The summed E-state index contributed by atoms with van der Waals surface area (Å²) in [5.74, 6) is 0. The predicted octanol–water partition coefficient (Wildman–Crippen LogP) is 2.31. The van der Waals surface area contributed by atoms with Crippen molar-refractivity contribution in [3.63, 3.8) is 0 Å². The summed E-state index contributed by atoms with van der Waals surface area (Å²) < 4.78 is 42.4. The van der Waals surface area contributed by atoms with Crippen LogP contribution in [0.2, 0.25) is 0 Å². The van der Waals surface area contributed by atoms with Crippen molar-refractivity contribution in [2.24, 2.45) is 0 Å². The summed E-state index contributed by atoms with van der Waals surface area (Å²) in [6.45, 7) is 5.08. The summed E-state index contributed by atoms with van der Waals surface area (Å²) in [6.07, 6.45) is -7.51. The second-order valence-electron chi connectivity index (χ2n) is 5.37. The fourth-order valence-electron chi connectivity index (χ4n) is 1.89. The third-order valence-corrected chi connectivity index (χ3v) is 2.63. The molecule has 1 aliphatic heterocycles. The van der Waals surface area contributed by atoms with E-state index < -0.39 is 30.0 Å². The van der Waals surface area contributed by atoms with Crippen LogP contribution in [0.25, 0.3) is 0 Å². The van der Waals surface area contributed by atoms with Gasteiger partial charge in [-0.25, -0.2) is 4.79 Å². The van der Waals surface area contributed by atoms with E-state index in [0.29, 0.717) is 6.42 Å². The Morgan fingerprint density at radius 2 is 1.94 bits per heavy atom. The molecule has 0 aromatic carbocycles. The number of carbonyl (C=O) groups excluding carboxylic acids is 1. The van der Waals surface area contributed by atoms with E-state index in [9.17, 15) is 23.1 Å². The maximum absolute atomic E-state index is 12.4. The predicted molar refractivity (Wildman–Crippen MR) is 58.0 cm³/mol. The maximum atomic E-state index is 12.4. The average molecular weight is 269 g/mol. The van der Waals surface area contributed by atoms with Crippen molar-refractivity contribution in [3.05, 3.63) is 0 Å². The number of likely N-dealkylation sites (tertiary alicyclic amines) is 1. The fraction of sp³-hybridized carbons (Fsp3) is 0.909. The first-order chi connectivity index (χ1) is 8.02. The molecule has 1 N–H and O–H groups in total. The van der Waals surface area contributed by atoms with Gasteiger partial charge in [-0.1, -0.05) is 0 Å². The molecule has 1 saturated heterocycles. The monoisotopic (exact) mass is 269 g/mol. The lowest BCUT2D eigenvalue weighted by Gasteiger charge is -2.31. The van der Waals surface area contributed by atoms with Gasteiger partial charge in [-0.3, -0.25) is 0 Å². The SMILES string of the molecule is CC(C)(C)OC(=O)N1CCC[C@@H]1C(O)C(F)(F)F. The fourth-order valence-corrected chi connectivity index (χ4v) is 1.89. The van der Waals surface area contributed by atoms with Gasteiger partial charge in [-0.15, -0.1) is 0 Å². The zero-order valence-electron chi connectivity index (χ0n) is 10.6. The van der Waals surface area contributed by atoms with Crippen molar-refractivity contribution in [3.8, 4) is 0 Å². The minimum absolute atomic E-state index is 0.125. The van der Waals surface area contributed by atoms with Crippen LogP contribution in [0, 0.1) is 0 Å². The molecule has 1 rings (SSSR count). The van der Waals surface area contributed by atoms with Crippen molar-refractivity contribution in [1.29, 1.82) is 0 Å². The van der Waals surface area contributed by atoms with Crippen LogP contribution < -0.4 is 0 Å². The second-order valence-corrected chi connectivity index (χ2v) is 5.37. The quantitative estimate of drug-likeness (QED) is 0.794. The molecule has 0 saturated carbocycles. The number of alkyl halides is 3. The Labute approximate surface area is 104 Å². The van der Waals surface area contributed by atoms with Crippen LogP contribution in [-0.2, 0) is 4.74 Å². The molecule has 1 unspecified atom stereocenters. The Bertz CT molecular complexity index is 312. The van der Waals surface area contributed by atoms with Gasteiger partial charge in [0, 0.05) is 6.54 Å². The van der Waals surface area contributed by atoms with Crippen molar-refractivity contribution in [1.82, 2.24) is 4.90 Å². The van der Waals surface area contributed by atoms with Crippen LogP contribution in [0.3, 0.4) is 0 Å². The van der Waals surface area contributed by atoms with Crippen molar-refractivity contribution in [2.45, 2.75) is 57.5 Å². The smallest absolute Gasteiger partial charge is 0.416 e. The molecule has 0 aromatic heterocycles. The molecule has 1 heterocycles. The molecule has 18 heavy (non-hydrogen) atoms. The topological polar surface area (TPSA) is 49.8 Å². The summed E-state index contributed by atoms with van der Waals surface area (Å²) in [5, 5.41) is 9.23. The van der Waals surface area contributed by atoms with Crippen LogP contribution in [0.4, 0.5) is 18.0 Å². The summed E-state index contributed by atoms with van der Waals surface area (Å²) >= 11 is 0. The highest BCUT2D eigenvalue weighted by Crippen LogP contribution is 2.31. The van der Waals surface area contributed by atoms with E-state index >= 15 is 0 Å². The van der Waals surface area contributed by atoms with Crippen LogP contribution in [0.5, 0.6) is 0 Å². The van der Waals surface area contributed by atoms with E-state index in [-0.39, 0.29) is 13.0 Å². The van der Waals surface area contributed by atoms with Gasteiger partial charge in [-0.2, -0.15) is 13.2 Å². The Kier molecular flexibility index (Phi) is 4.15. The largest absolute Gasteiger partial charge is 0.444 e. The first kappa shape index (κ1) is 15.1. The zero-order valence-corrected chi connectivity index (χ0v) is 10.6. The van der Waals surface area contributed by atoms with Gasteiger partial charge >= 0.3 is 12.3 Å². The third-order valence-electron chi connectivity index (χ3n) is 2.63. The lowest BCUT2D eigenvalue weighted by atomic mass is 10.1. The molecule has 0 radical (unpaired) electrons. The first-order valence-corrected chi connectivity index (χ1v) is 5.77. The highest BCUT2D eigenvalue weighted by molar-refractivity contribution is 5.69. The maximum Gasteiger partial charge on any atom is 0.416 e. The van der Waals surface area contributed by atoms with Gasteiger partial charge in [0.25, 0.3) is 0 Å². The van der Waals surface area contributed by atoms with Gasteiger partial charge < -0.3 is 14.7 Å². The van der Waals surface area contributed by atoms with E-state index in [1.165, 1.54) is 0 Å². The van der Waals surface area contributed by atoms with Gasteiger partial charge in [0.2, 0.25) is 0 Å². The molecule has 0 bridgehead atoms. The van der Waals surface area contributed by atoms with Gasteiger partial charge in [0.1, 0.15) is 5.60 Å². The van der Waals surface area contributed by atoms with Crippen LogP contribution in [-0.4, -0.2) is 46.6 Å². The van der Waals surface area contributed by atoms with E-state index in [0.717, 1.165) is 4.90 Å². The number of hydrogen-bond donors (Lipinski definition) is 1. The van der Waals surface area contributed by atoms with E-state index in [4.69, 9.17) is 4.74 Å². The molecule has 4 nitrogen and oxygen atoms in total. The Morgan fingerprint density at radius 3 is 2.39 bits per heavy atom. The van der Waals surface area contributed by atoms with Gasteiger partial charge in [0.05, 0.1) is 6.04 Å². The molecule has 7 heteroatoms. The summed E-state index contributed by atoms with van der Waals surface area (Å²) in [5.41, 5.74) is -0.770. The van der Waals surface area contributed by atoms with Crippen LogP contribution in [0.15, 0.2) is 0 Å². The third kappa shape index (κ3) is 3.76. The molecule has 1 fully saturated rings. The molecule has 0 spiro atoms. The number of rotatable bonds is 1. The van der Waals surface area contributed by atoms with Gasteiger partial charge in [-0.05, 0) is 33.6 Å². The minimum atomic E-state index is -4.73. The number of ether oxygens (including phenoxy) is 1. The summed E-state index contributed by atoms with van der Waals surface area (Å²) in [6, 6.07) is -1.25. The minimum Gasteiger partial charge on any atom is -0.444 e. The molecule has 2 atom stereocenters. The van der Waals surface area contributed by atoms with Crippen molar-refractivity contribution in [2.75, 3.05) is 6.54 Å². The number of aliphatic hydroxyl groups excluding tert-OH is 1. The number of hydrogen-bond acceptors (Lipinski definition) is 3. The molecule has 106 valence electrons. The lowest BCUT2D eigenvalue weighted by Crippen LogP contribution is -2.50. The zero-order chi connectivity index (χ0) is 14.1. The highest BCUT2D eigenvalue weighted by Gasteiger charge is 2.48. The Hall–Kier alpha value is -0.980. The standard InChI is InChI=1S/C11H18F3NO3/c1-10(2,3)18-9(17)15-6-4-5-7(15)8(16)11(12,13)14/h7-8,16H,4-6H2,1-3H3/t7-,8?/m1/s1. The number of aliphatic hydroxyl groups is 1. The molecule has 0 aromatic rings. The van der Waals surface area contributed by atoms with E-state index in [1.807, 2.05) is 0 Å². The lowest BCUT2D eigenvalue weighted by molar-refractivity contribution is -0.217. The van der Waals surface area contributed by atoms with Crippen LogP contribution >= 0.6 is 0 Å². The number of nitrogens with zero attached hydrogens (tertiary/aromatic N) is 1. The molecular weight excluding hydrogens is 251 g/mol. The average Bonchev–Trinajstić information content (AvgIpc) is 2.60. The van der Waals surface area contributed by atoms with E-state index in [1.54, 1.807) is 20.8 Å². The van der Waals surface area contributed by atoms with Gasteiger partial charge in [0.15, 0.2) is 6.10 Å². The Morgan fingerprint density at radius 1 is 1.39 bits per heavy atom. The summed E-state index contributed by atoms with van der Waals surface area (Å²) in [4.78, 5) is 12.7. The normalized spacial score (nSPS) is 23.1. The Balaban J connectivity index is 2.74. The number of amides is 1. The molecule has 1 aliphatic rings. The molecular formula is C11H18F3NO3. The molecule has 1 amide bonds. The first-order valence-electron chi connectivity index (χ1n) is 5.77.